The highest BCUT2D eigenvalue weighted by Gasteiger charge is 1.86. The van der Waals surface area contributed by atoms with Crippen LogP contribution in [0.2, 0.25) is 0 Å². The van der Waals surface area contributed by atoms with Gasteiger partial charge in [0, 0.05) is 6.21 Å². The van der Waals surface area contributed by atoms with Crippen molar-refractivity contribution in [3.05, 3.63) is 35.5 Å². The van der Waals surface area contributed by atoms with Crippen LogP contribution in [-0.2, 0) is 0 Å². The molecule has 0 atom stereocenters. The third-order valence-electron chi connectivity index (χ3n) is 1.46. The van der Waals surface area contributed by atoms with E-state index in [4.69, 9.17) is 5.41 Å². The molecule has 60 valence electrons. The lowest BCUT2D eigenvalue weighted by atomic mass is 10.1. The Kier molecular flexibility index (Phi) is 4.20. The second-order valence-electron chi connectivity index (χ2n) is 2.69. The van der Waals surface area contributed by atoms with Crippen LogP contribution in [-0.4, -0.2) is 6.21 Å². The molecule has 0 aliphatic rings. The smallest absolute Gasteiger partial charge is 0.0209 e. The number of rotatable bonds is 3. The lowest BCUT2D eigenvalue weighted by Crippen LogP contribution is -1.80. The van der Waals surface area contributed by atoms with Crippen LogP contribution in [0, 0.1) is 5.41 Å². The number of allylic oxidation sites excluding steroid dienone is 5. The molecule has 0 spiro atoms. The molecule has 0 saturated carbocycles. The van der Waals surface area contributed by atoms with Gasteiger partial charge in [-0.05, 0) is 31.9 Å². The molecule has 0 unspecified atom stereocenters. The van der Waals surface area contributed by atoms with Crippen LogP contribution in [0.1, 0.15) is 20.8 Å². The summed E-state index contributed by atoms with van der Waals surface area (Å²) < 4.78 is 0. The maximum atomic E-state index is 6.99. The lowest BCUT2D eigenvalue weighted by Gasteiger charge is -1.94. The Bertz CT molecular complexity index is 219. The highest BCUT2D eigenvalue weighted by atomic mass is 14.3. The molecule has 0 bridgehead atoms. The maximum absolute atomic E-state index is 6.99. The second-order valence-corrected chi connectivity index (χ2v) is 2.69. The first-order valence-electron chi connectivity index (χ1n) is 3.59. The van der Waals surface area contributed by atoms with Crippen molar-refractivity contribution in [1.82, 2.24) is 0 Å². The molecular formula is C10H15N. The summed E-state index contributed by atoms with van der Waals surface area (Å²) in [5, 5.41) is 6.99. The summed E-state index contributed by atoms with van der Waals surface area (Å²) in [5.74, 6) is 0. The zero-order valence-corrected chi connectivity index (χ0v) is 7.44. The van der Waals surface area contributed by atoms with Crippen LogP contribution in [0.5, 0.6) is 0 Å². The molecule has 0 aromatic carbocycles. The van der Waals surface area contributed by atoms with Crippen LogP contribution < -0.4 is 0 Å². The Morgan fingerprint density at radius 3 is 2.00 bits per heavy atom. The molecule has 0 amide bonds. The van der Waals surface area contributed by atoms with Crippen LogP contribution in [0.15, 0.2) is 35.5 Å². The number of hydrogen-bond acceptors (Lipinski definition) is 1. The van der Waals surface area contributed by atoms with Crippen molar-refractivity contribution in [1.29, 1.82) is 5.41 Å². The Balaban J connectivity index is 4.38. The van der Waals surface area contributed by atoms with E-state index in [0.29, 0.717) is 0 Å². The predicted octanol–water partition coefficient (Wildman–Crippen LogP) is 3.10. The van der Waals surface area contributed by atoms with E-state index in [-0.39, 0.29) is 0 Å². The minimum Gasteiger partial charge on any atom is -0.308 e. The first-order chi connectivity index (χ1) is 5.07. The summed E-state index contributed by atoms with van der Waals surface area (Å²) in [5.41, 5.74) is 3.13. The minimum atomic E-state index is 0.988. The van der Waals surface area contributed by atoms with E-state index in [1.165, 1.54) is 6.21 Å². The Labute approximate surface area is 68.6 Å². The Morgan fingerprint density at radius 2 is 1.64 bits per heavy atom. The quantitative estimate of drug-likeness (QED) is 0.471. The van der Waals surface area contributed by atoms with Crippen molar-refractivity contribution in [2.24, 2.45) is 0 Å². The summed E-state index contributed by atoms with van der Waals surface area (Å²) >= 11 is 0. The maximum Gasteiger partial charge on any atom is 0.0209 e. The molecule has 1 heteroatoms. The number of nitrogens with one attached hydrogen (secondary N) is 1. The van der Waals surface area contributed by atoms with Crippen LogP contribution in [0.25, 0.3) is 0 Å². The molecule has 0 saturated heterocycles. The van der Waals surface area contributed by atoms with Gasteiger partial charge in [-0.3, -0.25) is 0 Å². The monoisotopic (exact) mass is 149 g/mol. The van der Waals surface area contributed by atoms with E-state index in [1.807, 2.05) is 32.9 Å². The van der Waals surface area contributed by atoms with Crippen LogP contribution in [0.3, 0.4) is 0 Å². The molecule has 0 aromatic rings. The van der Waals surface area contributed by atoms with Crippen molar-refractivity contribution in [3.8, 4) is 0 Å². The molecule has 0 radical (unpaired) electrons. The minimum absolute atomic E-state index is 0.988. The van der Waals surface area contributed by atoms with E-state index >= 15 is 0 Å². The van der Waals surface area contributed by atoms with E-state index in [2.05, 4.69) is 6.58 Å². The normalized spacial score (nSPS) is 13.0. The fraction of sp³-hybridized carbons (Fsp3) is 0.300. The van der Waals surface area contributed by atoms with Gasteiger partial charge in [-0.2, -0.15) is 0 Å². The van der Waals surface area contributed by atoms with Crippen molar-refractivity contribution < 1.29 is 0 Å². The largest absolute Gasteiger partial charge is 0.308 e. The van der Waals surface area contributed by atoms with Gasteiger partial charge in [0.2, 0.25) is 0 Å². The summed E-state index contributed by atoms with van der Waals surface area (Å²) in [6.45, 7) is 9.60. The van der Waals surface area contributed by atoms with Crippen LogP contribution >= 0.6 is 0 Å². The summed E-state index contributed by atoms with van der Waals surface area (Å²) in [4.78, 5) is 0. The molecule has 1 N–H and O–H groups in total. The standard InChI is InChI=1S/C10H15N/c1-8(2)5-6-9(3)10(4)7-11/h5-7,11H,1H2,2-4H3/b6-5-,10-9+,11-7?. The van der Waals surface area contributed by atoms with Crippen molar-refractivity contribution in [2.45, 2.75) is 20.8 Å². The molecule has 0 fully saturated rings. The predicted molar refractivity (Wildman–Crippen MR) is 51.1 cm³/mol. The Hall–Kier alpha value is -1.11. The van der Waals surface area contributed by atoms with Crippen molar-refractivity contribution in [2.75, 3.05) is 0 Å². The first-order valence-corrected chi connectivity index (χ1v) is 3.59. The van der Waals surface area contributed by atoms with Gasteiger partial charge in [-0.1, -0.05) is 24.3 Å². The zero-order chi connectivity index (χ0) is 8.85. The average molecular weight is 149 g/mol. The zero-order valence-electron chi connectivity index (χ0n) is 7.44. The molecular weight excluding hydrogens is 134 g/mol. The summed E-state index contributed by atoms with van der Waals surface area (Å²) in [6.07, 6.45) is 5.28. The first kappa shape index (κ1) is 9.89. The van der Waals surface area contributed by atoms with Gasteiger partial charge in [0.15, 0.2) is 0 Å². The van der Waals surface area contributed by atoms with Crippen molar-refractivity contribution >= 4 is 6.21 Å². The third kappa shape index (κ3) is 4.31. The molecule has 0 aliphatic carbocycles. The van der Waals surface area contributed by atoms with Gasteiger partial charge in [-0.15, -0.1) is 0 Å². The van der Waals surface area contributed by atoms with E-state index < -0.39 is 0 Å². The summed E-state index contributed by atoms with van der Waals surface area (Å²) in [7, 11) is 0. The second kappa shape index (κ2) is 4.67. The molecule has 0 aliphatic heterocycles. The third-order valence-corrected chi connectivity index (χ3v) is 1.46. The van der Waals surface area contributed by atoms with Crippen LogP contribution in [0.4, 0.5) is 0 Å². The molecule has 11 heavy (non-hydrogen) atoms. The molecule has 1 nitrogen and oxygen atoms in total. The van der Waals surface area contributed by atoms with E-state index in [1.54, 1.807) is 0 Å². The van der Waals surface area contributed by atoms with E-state index in [0.717, 1.165) is 16.7 Å². The SMILES string of the molecule is C=C(C)/C=C\C(C)=C(/C)C=N. The molecule has 0 rings (SSSR count). The lowest BCUT2D eigenvalue weighted by molar-refractivity contribution is 1.39. The van der Waals surface area contributed by atoms with Gasteiger partial charge in [0.05, 0.1) is 0 Å². The average Bonchev–Trinajstić information content (AvgIpc) is 1.98. The highest BCUT2D eigenvalue weighted by Crippen LogP contribution is 2.03. The number of hydrogen-bond donors (Lipinski definition) is 1. The molecule has 0 heterocycles. The fourth-order valence-electron chi connectivity index (χ4n) is 0.513. The highest BCUT2D eigenvalue weighted by molar-refractivity contribution is 5.76. The van der Waals surface area contributed by atoms with Gasteiger partial charge in [0.1, 0.15) is 0 Å². The Morgan fingerprint density at radius 1 is 1.09 bits per heavy atom. The fourth-order valence-corrected chi connectivity index (χ4v) is 0.513. The molecule has 0 aromatic heterocycles. The van der Waals surface area contributed by atoms with Gasteiger partial charge >= 0.3 is 0 Å². The summed E-state index contributed by atoms with van der Waals surface area (Å²) in [6, 6.07) is 0. The van der Waals surface area contributed by atoms with Gasteiger partial charge in [-0.25, -0.2) is 0 Å². The topological polar surface area (TPSA) is 23.9 Å². The van der Waals surface area contributed by atoms with Gasteiger partial charge in [0.25, 0.3) is 0 Å². The van der Waals surface area contributed by atoms with Gasteiger partial charge < -0.3 is 5.41 Å². The van der Waals surface area contributed by atoms with E-state index in [9.17, 15) is 0 Å². The van der Waals surface area contributed by atoms with Crippen molar-refractivity contribution in [3.63, 3.8) is 0 Å².